The second-order valence-electron chi connectivity index (χ2n) is 4.23. The minimum Gasteiger partial charge on any atom is -0.376 e. The number of ether oxygens (including phenoxy) is 1. The van der Waals surface area contributed by atoms with Crippen LogP contribution in [0.15, 0.2) is 4.99 Å². The number of aliphatic imine (C=N–C) groups is 1. The van der Waals surface area contributed by atoms with Gasteiger partial charge in [0.2, 0.25) is 0 Å². The SMILES string of the molecule is CN(CC1CCCO1)C(N)=NC1CC1. The summed E-state index contributed by atoms with van der Waals surface area (Å²) in [6, 6.07) is 0.502. The van der Waals surface area contributed by atoms with Gasteiger partial charge in [0.25, 0.3) is 0 Å². The van der Waals surface area contributed by atoms with Gasteiger partial charge in [0, 0.05) is 20.2 Å². The summed E-state index contributed by atoms with van der Waals surface area (Å²) in [5.41, 5.74) is 5.86. The van der Waals surface area contributed by atoms with Crippen LogP contribution in [-0.4, -0.2) is 43.2 Å². The zero-order valence-electron chi connectivity index (χ0n) is 8.78. The highest BCUT2D eigenvalue weighted by Gasteiger charge is 2.22. The highest BCUT2D eigenvalue weighted by Crippen LogP contribution is 2.23. The molecule has 1 atom stereocenters. The fourth-order valence-electron chi connectivity index (χ4n) is 1.68. The average Bonchev–Trinajstić information content (AvgIpc) is 2.81. The summed E-state index contributed by atoms with van der Waals surface area (Å²) in [6.45, 7) is 1.78. The fraction of sp³-hybridized carbons (Fsp3) is 0.900. The number of guanidine groups is 1. The molecule has 2 N–H and O–H groups in total. The van der Waals surface area contributed by atoms with Crippen molar-refractivity contribution >= 4 is 5.96 Å². The second-order valence-corrected chi connectivity index (χ2v) is 4.23. The Hall–Kier alpha value is -0.770. The maximum Gasteiger partial charge on any atom is 0.191 e. The first-order valence-electron chi connectivity index (χ1n) is 5.41. The van der Waals surface area contributed by atoms with Gasteiger partial charge in [-0.15, -0.1) is 0 Å². The van der Waals surface area contributed by atoms with Gasteiger partial charge in [-0.25, -0.2) is 4.99 Å². The van der Waals surface area contributed by atoms with Crippen molar-refractivity contribution in [3.05, 3.63) is 0 Å². The lowest BCUT2D eigenvalue weighted by molar-refractivity contribution is 0.0956. The van der Waals surface area contributed by atoms with Crippen molar-refractivity contribution in [2.45, 2.75) is 37.8 Å². The number of nitrogens with two attached hydrogens (primary N) is 1. The average molecular weight is 197 g/mol. The minimum atomic E-state index is 0.355. The van der Waals surface area contributed by atoms with Crippen LogP contribution in [0.5, 0.6) is 0 Å². The molecule has 0 spiro atoms. The maximum atomic E-state index is 5.86. The second kappa shape index (κ2) is 4.17. The summed E-state index contributed by atoms with van der Waals surface area (Å²) in [5.74, 6) is 0.669. The maximum absolute atomic E-state index is 5.86. The van der Waals surface area contributed by atoms with Crippen molar-refractivity contribution in [3.8, 4) is 0 Å². The van der Waals surface area contributed by atoms with Crippen LogP contribution in [0.3, 0.4) is 0 Å². The van der Waals surface area contributed by atoms with Crippen LogP contribution < -0.4 is 5.73 Å². The molecule has 14 heavy (non-hydrogen) atoms. The molecule has 0 radical (unpaired) electrons. The van der Waals surface area contributed by atoms with Crippen LogP contribution in [0, 0.1) is 0 Å². The Morgan fingerprint density at radius 1 is 1.50 bits per heavy atom. The number of hydrogen-bond acceptors (Lipinski definition) is 2. The van der Waals surface area contributed by atoms with Crippen molar-refractivity contribution in [1.29, 1.82) is 0 Å². The largest absolute Gasteiger partial charge is 0.376 e. The van der Waals surface area contributed by atoms with Crippen LogP contribution in [0.25, 0.3) is 0 Å². The highest BCUT2D eigenvalue weighted by molar-refractivity contribution is 5.78. The molecule has 0 amide bonds. The summed E-state index contributed by atoms with van der Waals surface area (Å²) < 4.78 is 5.54. The van der Waals surface area contributed by atoms with E-state index in [-0.39, 0.29) is 0 Å². The van der Waals surface area contributed by atoms with Crippen LogP contribution in [0.4, 0.5) is 0 Å². The van der Waals surface area contributed by atoms with Gasteiger partial charge in [-0.3, -0.25) is 0 Å². The van der Waals surface area contributed by atoms with Gasteiger partial charge in [0.05, 0.1) is 12.1 Å². The number of likely N-dealkylation sites (N-methyl/N-ethyl adjacent to an activating group) is 1. The topological polar surface area (TPSA) is 50.9 Å². The standard InChI is InChI=1S/C10H19N3O/c1-13(7-9-3-2-6-14-9)10(11)12-8-4-5-8/h8-9H,2-7H2,1H3,(H2,11,12). The molecular weight excluding hydrogens is 178 g/mol. The van der Waals surface area contributed by atoms with E-state index in [0.29, 0.717) is 18.1 Å². The Morgan fingerprint density at radius 3 is 2.86 bits per heavy atom. The lowest BCUT2D eigenvalue weighted by Gasteiger charge is -2.21. The molecule has 4 nitrogen and oxygen atoms in total. The zero-order chi connectivity index (χ0) is 9.97. The third-order valence-corrected chi connectivity index (χ3v) is 2.75. The summed E-state index contributed by atoms with van der Waals surface area (Å²) in [7, 11) is 1.99. The number of hydrogen-bond donors (Lipinski definition) is 1. The summed E-state index contributed by atoms with van der Waals surface area (Å²) in [6.07, 6.45) is 5.09. The third kappa shape index (κ3) is 2.61. The third-order valence-electron chi connectivity index (χ3n) is 2.75. The van der Waals surface area contributed by atoms with Crippen molar-refractivity contribution in [3.63, 3.8) is 0 Å². The summed E-state index contributed by atoms with van der Waals surface area (Å²) >= 11 is 0. The molecule has 1 heterocycles. The number of nitrogens with zero attached hydrogens (tertiary/aromatic N) is 2. The molecule has 80 valence electrons. The van der Waals surface area contributed by atoms with Crippen molar-refractivity contribution in [2.75, 3.05) is 20.2 Å². The highest BCUT2D eigenvalue weighted by atomic mass is 16.5. The Kier molecular flexibility index (Phi) is 2.91. The van der Waals surface area contributed by atoms with Gasteiger partial charge in [-0.1, -0.05) is 0 Å². The van der Waals surface area contributed by atoms with Gasteiger partial charge in [-0.05, 0) is 25.7 Å². The van der Waals surface area contributed by atoms with Gasteiger partial charge in [-0.2, -0.15) is 0 Å². The molecule has 1 saturated carbocycles. The lowest BCUT2D eigenvalue weighted by atomic mass is 10.2. The Morgan fingerprint density at radius 2 is 2.29 bits per heavy atom. The molecule has 4 heteroatoms. The molecule has 0 aromatic carbocycles. The molecule has 1 saturated heterocycles. The van der Waals surface area contributed by atoms with E-state index in [0.717, 1.165) is 19.6 Å². The predicted molar refractivity (Wildman–Crippen MR) is 56.2 cm³/mol. The molecule has 2 aliphatic rings. The van der Waals surface area contributed by atoms with E-state index in [1.807, 2.05) is 11.9 Å². The lowest BCUT2D eigenvalue weighted by Crippen LogP contribution is -2.39. The van der Waals surface area contributed by atoms with E-state index in [9.17, 15) is 0 Å². The van der Waals surface area contributed by atoms with E-state index >= 15 is 0 Å². The van der Waals surface area contributed by atoms with Crippen molar-refractivity contribution in [1.82, 2.24) is 4.90 Å². The molecule has 2 rings (SSSR count). The smallest absolute Gasteiger partial charge is 0.191 e. The first kappa shape index (κ1) is 9.77. The van der Waals surface area contributed by atoms with Gasteiger partial charge in [0.1, 0.15) is 0 Å². The van der Waals surface area contributed by atoms with Crippen LogP contribution in [0.2, 0.25) is 0 Å². The fourth-order valence-corrected chi connectivity index (χ4v) is 1.68. The Balaban J connectivity index is 1.77. The molecule has 2 fully saturated rings. The monoisotopic (exact) mass is 197 g/mol. The molecule has 1 aliphatic carbocycles. The molecule has 1 unspecified atom stereocenters. The molecule has 0 bridgehead atoms. The quantitative estimate of drug-likeness (QED) is 0.531. The minimum absolute atomic E-state index is 0.355. The molecule has 0 aromatic heterocycles. The van der Waals surface area contributed by atoms with E-state index < -0.39 is 0 Å². The van der Waals surface area contributed by atoms with Gasteiger partial charge >= 0.3 is 0 Å². The van der Waals surface area contributed by atoms with Gasteiger partial charge in [0.15, 0.2) is 5.96 Å². The Labute approximate surface area is 85.1 Å². The first-order chi connectivity index (χ1) is 6.75. The van der Waals surface area contributed by atoms with Crippen molar-refractivity contribution < 1.29 is 4.74 Å². The zero-order valence-corrected chi connectivity index (χ0v) is 8.78. The normalized spacial score (nSPS) is 28.1. The van der Waals surface area contributed by atoms with Crippen LogP contribution in [0.1, 0.15) is 25.7 Å². The van der Waals surface area contributed by atoms with Crippen LogP contribution in [-0.2, 0) is 4.74 Å². The van der Waals surface area contributed by atoms with E-state index in [1.54, 1.807) is 0 Å². The molecular formula is C10H19N3O. The van der Waals surface area contributed by atoms with Gasteiger partial charge < -0.3 is 15.4 Å². The van der Waals surface area contributed by atoms with Crippen LogP contribution >= 0.6 is 0 Å². The predicted octanol–water partition coefficient (Wildman–Crippen LogP) is 0.574. The first-order valence-corrected chi connectivity index (χ1v) is 5.41. The summed E-state index contributed by atoms with van der Waals surface area (Å²) in [4.78, 5) is 6.40. The van der Waals surface area contributed by atoms with E-state index in [2.05, 4.69) is 4.99 Å². The van der Waals surface area contributed by atoms with E-state index in [4.69, 9.17) is 10.5 Å². The molecule has 0 aromatic rings. The van der Waals surface area contributed by atoms with E-state index in [1.165, 1.54) is 19.3 Å². The Bertz CT molecular complexity index is 219. The molecule has 1 aliphatic heterocycles. The summed E-state index contributed by atoms with van der Waals surface area (Å²) in [5, 5.41) is 0. The number of rotatable bonds is 3. The van der Waals surface area contributed by atoms with Crippen molar-refractivity contribution in [2.24, 2.45) is 10.7 Å².